The fourth-order valence-electron chi connectivity index (χ4n) is 2.98. The third kappa shape index (κ3) is 5.07. The Balaban J connectivity index is 3.88. The van der Waals surface area contributed by atoms with E-state index >= 15 is 0 Å². The Labute approximate surface area is 173 Å². The van der Waals surface area contributed by atoms with E-state index in [9.17, 15) is 23.1 Å². The molecule has 1 rings (SSSR count). The van der Waals surface area contributed by atoms with Gasteiger partial charge >= 0.3 is 5.97 Å². The molecule has 0 aliphatic rings. The maximum Gasteiger partial charge on any atom is 0.339 e. The molecule has 0 aliphatic carbocycles. The SMILES string of the molecule is CCCN(c1ncc(Br)cc1S(N)(=O)=O)[C@](CCO)(C(=O)CC)C(=O)OCC. The van der Waals surface area contributed by atoms with Gasteiger partial charge in [-0.15, -0.1) is 0 Å². The molecule has 0 bridgehead atoms. The molecule has 0 saturated carbocycles. The second-order valence-corrected chi connectivity index (χ2v) is 8.45. The summed E-state index contributed by atoms with van der Waals surface area (Å²) in [6.45, 7) is 4.60. The number of aliphatic hydroxyl groups excluding tert-OH is 1. The number of nitrogens with two attached hydrogens (primary N) is 1. The Hall–Kier alpha value is -1.56. The van der Waals surface area contributed by atoms with Gasteiger partial charge in [-0.1, -0.05) is 13.8 Å². The van der Waals surface area contributed by atoms with Crippen LogP contribution in [0.15, 0.2) is 21.6 Å². The molecule has 11 heteroatoms. The summed E-state index contributed by atoms with van der Waals surface area (Å²) in [6.07, 6.45) is 1.50. The zero-order chi connectivity index (χ0) is 21.5. The van der Waals surface area contributed by atoms with Crippen LogP contribution in [0.1, 0.15) is 40.0 Å². The van der Waals surface area contributed by atoms with Crippen LogP contribution >= 0.6 is 15.9 Å². The molecule has 0 unspecified atom stereocenters. The summed E-state index contributed by atoms with van der Waals surface area (Å²) < 4.78 is 29.9. The first kappa shape index (κ1) is 24.5. The number of primary sulfonamides is 1. The molecule has 1 heterocycles. The van der Waals surface area contributed by atoms with E-state index in [2.05, 4.69) is 20.9 Å². The standard InChI is InChI=1S/C17H26BrN3O6S/c1-4-8-21(15-13(28(19,25)26)10-12(18)11-20-15)17(7-9-22,14(23)5-2)16(24)27-6-3/h10-11,22H,4-9H2,1-3H3,(H2,19,25,26)/t17-/m1/s1. The lowest BCUT2D eigenvalue weighted by Crippen LogP contribution is -2.62. The minimum absolute atomic E-state index is 0.0127. The molecular formula is C17H26BrN3O6S. The number of carbonyl (C=O) groups excluding carboxylic acids is 2. The Morgan fingerprint density at radius 2 is 2.00 bits per heavy atom. The first-order chi connectivity index (χ1) is 13.1. The van der Waals surface area contributed by atoms with E-state index in [1.54, 1.807) is 20.8 Å². The molecule has 0 amide bonds. The maximum atomic E-state index is 13.0. The van der Waals surface area contributed by atoms with Crippen molar-refractivity contribution in [2.75, 3.05) is 24.7 Å². The number of pyridine rings is 1. The van der Waals surface area contributed by atoms with Crippen LogP contribution in [0, 0.1) is 0 Å². The molecule has 3 N–H and O–H groups in total. The van der Waals surface area contributed by atoms with Crippen molar-refractivity contribution < 1.29 is 27.9 Å². The van der Waals surface area contributed by atoms with Gasteiger partial charge in [-0.05, 0) is 35.3 Å². The number of rotatable bonds is 11. The Morgan fingerprint density at radius 1 is 1.36 bits per heavy atom. The van der Waals surface area contributed by atoms with E-state index in [0.717, 1.165) is 0 Å². The van der Waals surface area contributed by atoms with Crippen molar-refractivity contribution in [1.29, 1.82) is 0 Å². The maximum absolute atomic E-state index is 13.0. The van der Waals surface area contributed by atoms with Crippen molar-refractivity contribution in [2.24, 2.45) is 5.14 Å². The van der Waals surface area contributed by atoms with Gasteiger partial charge in [0.25, 0.3) is 0 Å². The molecule has 0 aromatic carbocycles. The van der Waals surface area contributed by atoms with Crippen LogP contribution in [0.4, 0.5) is 5.82 Å². The van der Waals surface area contributed by atoms with Crippen LogP contribution in [-0.4, -0.2) is 55.6 Å². The van der Waals surface area contributed by atoms with E-state index in [1.165, 1.54) is 17.2 Å². The normalized spacial score (nSPS) is 13.6. The number of aromatic nitrogens is 1. The van der Waals surface area contributed by atoms with Crippen molar-refractivity contribution >= 4 is 43.5 Å². The predicted molar refractivity (Wildman–Crippen MR) is 107 cm³/mol. The topological polar surface area (TPSA) is 140 Å². The van der Waals surface area contributed by atoms with Crippen LogP contribution in [0.2, 0.25) is 0 Å². The lowest BCUT2D eigenvalue weighted by Gasteiger charge is -2.41. The van der Waals surface area contributed by atoms with Gasteiger partial charge in [-0.2, -0.15) is 0 Å². The van der Waals surface area contributed by atoms with E-state index in [4.69, 9.17) is 9.88 Å². The fourth-order valence-corrected chi connectivity index (χ4v) is 4.17. The molecule has 0 spiro atoms. The van der Waals surface area contributed by atoms with Gasteiger partial charge in [0.05, 0.1) is 6.61 Å². The summed E-state index contributed by atoms with van der Waals surface area (Å²) in [5, 5.41) is 15.0. The van der Waals surface area contributed by atoms with Crippen LogP contribution < -0.4 is 10.0 Å². The van der Waals surface area contributed by atoms with Crippen LogP contribution in [0.5, 0.6) is 0 Å². The van der Waals surface area contributed by atoms with Gasteiger partial charge in [0.15, 0.2) is 5.78 Å². The number of ketones is 1. The number of ether oxygens (including phenoxy) is 1. The lowest BCUT2D eigenvalue weighted by atomic mass is 9.86. The minimum atomic E-state index is -4.23. The quantitative estimate of drug-likeness (QED) is 0.358. The number of anilines is 1. The van der Waals surface area contributed by atoms with Crippen molar-refractivity contribution in [1.82, 2.24) is 4.98 Å². The Bertz CT molecular complexity index is 817. The van der Waals surface area contributed by atoms with Crippen LogP contribution in [-0.2, 0) is 24.3 Å². The number of esters is 1. The molecule has 0 saturated heterocycles. The number of carbonyl (C=O) groups is 2. The van der Waals surface area contributed by atoms with Crippen molar-refractivity contribution in [3.05, 3.63) is 16.7 Å². The smallest absolute Gasteiger partial charge is 0.339 e. The summed E-state index contributed by atoms with van der Waals surface area (Å²) in [4.78, 5) is 31.0. The molecule has 1 aromatic heterocycles. The average Bonchev–Trinajstić information content (AvgIpc) is 2.63. The monoisotopic (exact) mass is 479 g/mol. The van der Waals surface area contributed by atoms with Gasteiger partial charge in [-0.25, -0.2) is 23.3 Å². The zero-order valence-electron chi connectivity index (χ0n) is 16.1. The second kappa shape index (κ2) is 10.3. The molecule has 9 nitrogen and oxygen atoms in total. The summed E-state index contributed by atoms with van der Waals surface area (Å²) in [5.74, 6) is -1.52. The van der Waals surface area contributed by atoms with E-state index in [0.29, 0.717) is 10.9 Å². The third-order valence-corrected chi connectivity index (χ3v) is 5.49. The minimum Gasteiger partial charge on any atom is -0.464 e. The number of hydrogen-bond acceptors (Lipinski definition) is 8. The molecule has 0 fully saturated rings. The van der Waals surface area contributed by atoms with Crippen LogP contribution in [0.3, 0.4) is 0 Å². The summed E-state index contributed by atoms with van der Waals surface area (Å²) in [7, 11) is -4.23. The second-order valence-electron chi connectivity index (χ2n) is 6.00. The summed E-state index contributed by atoms with van der Waals surface area (Å²) in [6, 6.07) is 1.26. The zero-order valence-corrected chi connectivity index (χ0v) is 18.5. The summed E-state index contributed by atoms with van der Waals surface area (Å²) >= 11 is 3.15. The number of halogens is 1. The van der Waals surface area contributed by atoms with Gasteiger partial charge in [-0.3, -0.25) is 4.79 Å². The molecular weight excluding hydrogens is 454 g/mol. The summed E-state index contributed by atoms with van der Waals surface area (Å²) in [5.41, 5.74) is -1.92. The van der Waals surface area contributed by atoms with Crippen molar-refractivity contribution in [3.63, 3.8) is 0 Å². The van der Waals surface area contributed by atoms with Crippen LogP contribution in [0.25, 0.3) is 0 Å². The first-order valence-electron chi connectivity index (χ1n) is 8.87. The molecule has 1 aromatic rings. The number of hydrogen-bond donors (Lipinski definition) is 2. The number of nitrogens with zero attached hydrogens (tertiary/aromatic N) is 2. The molecule has 158 valence electrons. The fraction of sp³-hybridized carbons (Fsp3) is 0.588. The van der Waals surface area contributed by atoms with Gasteiger partial charge in [0.2, 0.25) is 15.6 Å². The Kier molecular flexibility index (Phi) is 8.99. The third-order valence-electron chi connectivity index (χ3n) is 4.14. The van der Waals surface area contributed by atoms with Crippen molar-refractivity contribution in [3.8, 4) is 0 Å². The van der Waals surface area contributed by atoms with E-state index in [-0.39, 0.29) is 36.7 Å². The number of sulfonamides is 1. The highest BCUT2D eigenvalue weighted by atomic mass is 79.9. The van der Waals surface area contributed by atoms with Crippen molar-refractivity contribution in [2.45, 2.75) is 50.5 Å². The lowest BCUT2D eigenvalue weighted by molar-refractivity contribution is -0.154. The highest BCUT2D eigenvalue weighted by molar-refractivity contribution is 9.10. The average molecular weight is 480 g/mol. The molecule has 1 atom stereocenters. The van der Waals surface area contributed by atoms with Gasteiger partial charge in [0, 0.05) is 36.7 Å². The van der Waals surface area contributed by atoms with E-state index < -0.39 is 33.9 Å². The van der Waals surface area contributed by atoms with Gasteiger partial charge in [0.1, 0.15) is 10.7 Å². The largest absolute Gasteiger partial charge is 0.464 e. The molecule has 28 heavy (non-hydrogen) atoms. The predicted octanol–water partition coefficient (Wildman–Crippen LogP) is 1.37. The highest BCUT2D eigenvalue weighted by Gasteiger charge is 2.52. The number of Topliss-reactive ketones (excluding diaryl/α,β-unsaturated/α-hetero) is 1. The van der Waals surface area contributed by atoms with Gasteiger partial charge < -0.3 is 14.7 Å². The number of aliphatic hydroxyl groups is 1. The first-order valence-corrected chi connectivity index (χ1v) is 11.2. The molecule has 0 aliphatic heterocycles. The Morgan fingerprint density at radius 3 is 2.46 bits per heavy atom. The highest BCUT2D eigenvalue weighted by Crippen LogP contribution is 2.34. The molecule has 0 radical (unpaired) electrons. The van der Waals surface area contributed by atoms with E-state index in [1.807, 2.05) is 0 Å².